The molecule has 0 aliphatic carbocycles. The van der Waals surface area contributed by atoms with Crippen LogP contribution in [0, 0.1) is 5.82 Å². The molecule has 0 saturated carbocycles. The Balaban J connectivity index is 1.95. The van der Waals surface area contributed by atoms with E-state index in [9.17, 15) is 9.18 Å². The van der Waals surface area contributed by atoms with Crippen molar-refractivity contribution >= 4 is 17.5 Å². The van der Waals surface area contributed by atoms with Gasteiger partial charge in [-0.25, -0.2) is 4.39 Å². The van der Waals surface area contributed by atoms with Gasteiger partial charge in [0.15, 0.2) is 6.61 Å². The van der Waals surface area contributed by atoms with Crippen LogP contribution >= 0.6 is 11.6 Å². The van der Waals surface area contributed by atoms with Gasteiger partial charge in [0.2, 0.25) is 0 Å². The highest BCUT2D eigenvalue weighted by atomic mass is 35.5. The van der Waals surface area contributed by atoms with E-state index in [0.29, 0.717) is 5.75 Å². The van der Waals surface area contributed by atoms with Gasteiger partial charge >= 0.3 is 0 Å². The number of hydrogen-bond donors (Lipinski definition) is 0. The Morgan fingerprint density at radius 1 is 1.27 bits per heavy atom. The number of likely N-dealkylation sites (N-methyl/N-ethyl adjacent to an activating group) is 1. The van der Waals surface area contributed by atoms with Crippen LogP contribution in [-0.2, 0) is 4.79 Å². The molecule has 2 aromatic carbocycles. The van der Waals surface area contributed by atoms with Crippen molar-refractivity contribution in [3.05, 3.63) is 64.9 Å². The molecule has 0 aliphatic heterocycles. The van der Waals surface area contributed by atoms with Gasteiger partial charge in [0.25, 0.3) is 5.91 Å². The fourth-order valence-electron chi connectivity index (χ4n) is 1.98. The molecular weight excluding hydrogens is 305 g/mol. The molecule has 116 valence electrons. The molecule has 5 heteroatoms. The van der Waals surface area contributed by atoms with Crippen molar-refractivity contribution in [2.45, 2.75) is 13.0 Å². The number of carbonyl (C=O) groups excluding carboxylic acids is 1. The van der Waals surface area contributed by atoms with Crippen LogP contribution in [-0.4, -0.2) is 24.5 Å². The van der Waals surface area contributed by atoms with E-state index in [1.807, 2.05) is 37.3 Å². The van der Waals surface area contributed by atoms with E-state index in [1.165, 1.54) is 18.2 Å². The van der Waals surface area contributed by atoms with Crippen LogP contribution in [0.1, 0.15) is 18.5 Å². The molecule has 0 bridgehead atoms. The lowest BCUT2D eigenvalue weighted by molar-refractivity contribution is -0.134. The minimum atomic E-state index is -0.518. The zero-order valence-electron chi connectivity index (χ0n) is 12.4. The number of hydrogen-bond acceptors (Lipinski definition) is 2. The Bertz CT molecular complexity index is 648. The predicted octanol–water partition coefficient (Wildman–Crippen LogP) is 4.08. The summed E-state index contributed by atoms with van der Waals surface area (Å²) in [4.78, 5) is 13.8. The first-order valence-corrected chi connectivity index (χ1v) is 7.25. The largest absolute Gasteiger partial charge is 0.484 e. The number of benzene rings is 2. The van der Waals surface area contributed by atoms with Crippen LogP contribution < -0.4 is 4.74 Å². The molecule has 0 fully saturated rings. The topological polar surface area (TPSA) is 29.5 Å². The Hall–Kier alpha value is -2.07. The van der Waals surface area contributed by atoms with Crippen molar-refractivity contribution in [1.29, 1.82) is 0 Å². The van der Waals surface area contributed by atoms with E-state index < -0.39 is 5.82 Å². The molecule has 3 nitrogen and oxygen atoms in total. The summed E-state index contributed by atoms with van der Waals surface area (Å²) in [6, 6.07) is 13.7. The molecular formula is C17H17ClFNO2. The second kappa shape index (κ2) is 7.27. The second-order valence-electron chi connectivity index (χ2n) is 4.96. The third-order valence-corrected chi connectivity index (χ3v) is 3.80. The zero-order valence-corrected chi connectivity index (χ0v) is 13.2. The maximum Gasteiger partial charge on any atom is 0.260 e. The second-order valence-corrected chi connectivity index (χ2v) is 5.36. The molecule has 0 saturated heterocycles. The number of carbonyl (C=O) groups is 1. The molecule has 0 aromatic heterocycles. The zero-order chi connectivity index (χ0) is 16.1. The van der Waals surface area contributed by atoms with Crippen molar-refractivity contribution in [3.63, 3.8) is 0 Å². The summed E-state index contributed by atoms with van der Waals surface area (Å²) >= 11 is 5.67. The number of amides is 1. The lowest BCUT2D eigenvalue weighted by Gasteiger charge is -2.25. The van der Waals surface area contributed by atoms with Crippen LogP contribution in [0.3, 0.4) is 0 Å². The third-order valence-electron chi connectivity index (χ3n) is 3.51. The van der Waals surface area contributed by atoms with Crippen molar-refractivity contribution in [1.82, 2.24) is 4.90 Å². The average molecular weight is 322 g/mol. The maximum atomic E-state index is 13.1. The fraction of sp³-hybridized carbons (Fsp3) is 0.235. The highest BCUT2D eigenvalue weighted by molar-refractivity contribution is 6.30. The summed E-state index contributed by atoms with van der Waals surface area (Å²) in [7, 11) is 1.72. The lowest BCUT2D eigenvalue weighted by atomic mass is 10.1. The van der Waals surface area contributed by atoms with E-state index in [4.69, 9.17) is 16.3 Å². The quantitative estimate of drug-likeness (QED) is 0.830. The Morgan fingerprint density at radius 2 is 1.95 bits per heavy atom. The summed E-state index contributed by atoms with van der Waals surface area (Å²) in [5.74, 6) is -0.326. The fourth-order valence-corrected chi connectivity index (χ4v) is 2.16. The monoisotopic (exact) mass is 321 g/mol. The minimum Gasteiger partial charge on any atom is -0.484 e. The van der Waals surface area contributed by atoms with Crippen LogP contribution in [0.4, 0.5) is 4.39 Å². The van der Waals surface area contributed by atoms with Gasteiger partial charge in [-0.1, -0.05) is 41.9 Å². The van der Waals surface area contributed by atoms with Gasteiger partial charge in [-0.3, -0.25) is 4.79 Å². The molecule has 0 radical (unpaired) electrons. The molecule has 1 unspecified atom stereocenters. The van der Waals surface area contributed by atoms with E-state index in [1.54, 1.807) is 11.9 Å². The number of halogens is 2. The average Bonchev–Trinajstić information content (AvgIpc) is 2.55. The first kappa shape index (κ1) is 16.3. The molecule has 0 heterocycles. The van der Waals surface area contributed by atoms with Crippen molar-refractivity contribution < 1.29 is 13.9 Å². The van der Waals surface area contributed by atoms with Crippen LogP contribution in [0.15, 0.2) is 48.5 Å². The Labute approximate surface area is 134 Å². The SMILES string of the molecule is CC(c1ccccc1)N(C)C(=O)COc1ccc(F)c(Cl)c1. The smallest absolute Gasteiger partial charge is 0.260 e. The highest BCUT2D eigenvalue weighted by Crippen LogP contribution is 2.22. The summed E-state index contributed by atoms with van der Waals surface area (Å²) in [5, 5.41) is -0.0315. The summed E-state index contributed by atoms with van der Waals surface area (Å²) in [6.07, 6.45) is 0. The number of nitrogens with zero attached hydrogens (tertiary/aromatic N) is 1. The minimum absolute atomic E-state index is 0.0315. The predicted molar refractivity (Wildman–Crippen MR) is 84.5 cm³/mol. The van der Waals surface area contributed by atoms with E-state index in [-0.39, 0.29) is 23.6 Å². The van der Waals surface area contributed by atoms with Crippen LogP contribution in [0.5, 0.6) is 5.75 Å². The lowest BCUT2D eigenvalue weighted by Crippen LogP contribution is -2.33. The molecule has 1 atom stereocenters. The van der Waals surface area contributed by atoms with E-state index >= 15 is 0 Å². The highest BCUT2D eigenvalue weighted by Gasteiger charge is 2.17. The van der Waals surface area contributed by atoms with Gasteiger partial charge in [0, 0.05) is 13.1 Å². The summed E-state index contributed by atoms with van der Waals surface area (Å²) in [6.45, 7) is 1.82. The van der Waals surface area contributed by atoms with E-state index in [0.717, 1.165) is 5.56 Å². The van der Waals surface area contributed by atoms with Gasteiger partial charge in [0.1, 0.15) is 11.6 Å². The Morgan fingerprint density at radius 3 is 2.59 bits per heavy atom. The van der Waals surface area contributed by atoms with Crippen molar-refractivity contribution in [3.8, 4) is 5.75 Å². The maximum absolute atomic E-state index is 13.1. The van der Waals surface area contributed by atoms with Gasteiger partial charge in [-0.15, -0.1) is 0 Å². The van der Waals surface area contributed by atoms with Gasteiger partial charge in [-0.05, 0) is 24.6 Å². The molecule has 1 amide bonds. The Kier molecular flexibility index (Phi) is 5.39. The van der Waals surface area contributed by atoms with Gasteiger partial charge < -0.3 is 9.64 Å². The van der Waals surface area contributed by atoms with Crippen LogP contribution in [0.2, 0.25) is 5.02 Å². The van der Waals surface area contributed by atoms with Crippen molar-refractivity contribution in [2.75, 3.05) is 13.7 Å². The summed E-state index contributed by atoms with van der Waals surface area (Å²) in [5.41, 5.74) is 1.04. The third kappa shape index (κ3) is 3.98. The van der Waals surface area contributed by atoms with Gasteiger partial charge in [0.05, 0.1) is 11.1 Å². The van der Waals surface area contributed by atoms with Gasteiger partial charge in [-0.2, -0.15) is 0 Å². The molecule has 2 rings (SSSR count). The molecule has 0 spiro atoms. The van der Waals surface area contributed by atoms with Crippen LogP contribution in [0.25, 0.3) is 0 Å². The molecule has 0 aliphatic rings. The summed E-state index contributed by atoms with van der Waals surface area (Å²) < 4.78 is 18.4. The molecule has 0 N–H and O–H groups in total. The first-order valence-electron chi connectivity index (χ1n) is 6.87. The normalized spacial score (nSPS) is 11.8. The van der Waals surface area contributed by atoms with Crippen molar-refractivity contribution in [2.24, 2.45) is 0 Å². The number of rotatable bonds is 5. The van der Waals surface area contributed by atoms with E-state index in [2.05, 4.69) is 0 Å². The standard InChI is InChI=1S/C17H17ClFNO2/c1-12(13-6-4-3-5-7-13)20(2)17(21)11-22-14-8-9-16(19)15(18)10-14/h3-10,12H,11H2,1-2H3. The molecule has 2 aromatic rings. The molecule has 22 heavy (non-hydrogen) atoms. The number of ether oxygens (including phenoxy) is 1. The first-order chi connectivity index (χ1) is 10.5.